The Hall–Kier alpha value is -2.46. The van der Waals surface area contributed by atoms with Crippen molar-refractivity contribution in [3.63, 3.8) is 0 Å². The summed E-state index contributed by atoms with van der Waals surface area (Å²) in [7, 11) is 0. The smallest absolute Gasteiger partial charge is 0.194 e. The largest absolute Gasteiger partial charge is 0.487 e. The van der Waals surface area contributed by atoms with Crippen LogP contribution in [0.2, 0.25) is 0 Å². The Balaban J connectivity index is 1.94. The minimum atomic E-state index is -1.03. The number of hydrogen-bond donors (Lipinski definition) is 1. The van der Waals surface area contributed by atoms with Crippen LogP contribution in [0.25, 0.3) is 0 Å². The number of aliphatic hydroxyl groups is 1. The van der Waals surface area contributed by atoms with Gasteiger partial charge in [-0.25, -0.2) is 0 Å². The molecule has 0 amide bonds. The van der Waals surface area contributed by atoms with Crippen LogP contribution in [-0.2, 0) is 6.42 Å². The van der Waals surface area contributed by atoms with Crippen LogP contribution in [0.1, 0.15) is 56.8 Å². The van der Waals surface area contributed by atoms with E-state index < -0.39 is 11.7 Å². The average Bonchev–Trinajstić information content (AvgIpc) is 2.98. The third-order valence-electron chi connectivity index (χ3n) is 4.89. The molecule has 0 radical (unpaired) electrons. The quantitative estimate of drug-likeness (QED) is 0.748. The summed E-state index contributed by atoms with van der Waals surface area (Å²) < 4.78 is 5.93. The molecule has 2 aliphatic rings. The van der Waals surface area contributed by atoms with E-state index in [1.165, 1.54) is 0 Å². The zero-order chi connectivity index (χ0) is 17.2. The highest BCUT2D eigenvalue weighted by molar-refractivity contribution is 6.29. The summed E-state index contributed by atoms with van der Waals surface area (Å²) in [4.78, 5) is 25.9. The van der Waals surface area contributed by atoms with Gasteiger partial charge in [0.25, 0.3) is 0 Å². The molecule has 1 atom stereocenters. The summed E-state index contributed by atoms with van der Waals surface area (Å²) in [6.07, 6.45) is -0.0119. The average molecular weight is 322 g/mol. The molecule has 122 valence electrons. The first-order valence-electron chi connectivity index (χ1n) is 8.03. The summed E-state index contributed by atoms with van der Waals surface area (Å²) in [5.74, 6) is 0.357. The van der Waals surface area contributed by atoms with Gasteiger partial charge in [-0.1, -0.05) is 24.3 Å². The zero-order valence-corrected chi connectivity index (χ0v) is 13.8. The van der Waals surface area contributed by atoms with Crippen LogP contribution >= 0.6 is 0 Å². The van der Waals surface area contributed by atoms with Crippen molar-refractivity contribution < 1.29 is 19.4 Å². The van der Waals surface area contributed by atoms with E-state index in [1.54, 1.807) is 44.2 Å². The second-order valence-electron chi connectivity index (χ2n) is 7.09. The van der Waals surface area contributed by atoms with Gasteiger partial charge in [-0.05, 0) is 32.4 Å². The van der Waals surface area contributed by atoms with Crippen molar-refractivity contribution in [2.45, 2.75) is 38.9 Å². The van der Waals surface area contributed by atoms with Crippen LogP contribution in [0.4, 0.5) is 0 Å². The molecule has 1 heterocycles. The van der Waals surface area contributed by atoms with Gasteiger partial charge >= 0.3 is 0 Å². The Kier molecular flexibility index (Phi) is 3.00. The third-order valence-corrected chi connectivity index (χ3v) is 4.89. The van der Waals surface area contributed by atoms with Gasteiger partial charge < -0.3 is 9.84 Å². The molecule has 1 unspecified atom stereocenters. The Morgan fingerprint density at radius 2 is 1.71 bits per heavy atom. The standard InChI is InChI=1S/C20H18O4/c1-10-8-13-16(14-9-15(20(2,3)23)24-19(10)14)18(22)12-7-5-4-6-11(12)17(13)21/h4-8,15,23H,9H2,1-3H3. The predicted molar refractivity (Wildman–Crippen MR) is 88.9 cm³/mol. The number of fused-ring (bicyclic) bond motifs is 4. The molecule has 0 spiro atoms. The number of benzene rings is 2. The number of aryl methyl sites for hydroxylation is 1. The van der Waals surface area contributed by atoms with Crippen LogP contribution in [0.3, 0.4) is 0 Å². The van der Waals surface area contributed by atoms with Gasteiger partial charge in [0.15, 0.2) is 11.6 Å². The molecule has 2 aromatic carbocycles. The summed E-state index contributed by atoms with van der Waals surface area (Å²) in [6, 6.07) is 8.64. The molecule has 4 rings (SSSR count). The molecule has 1 aliphatic heterocycles. The zero-order valence-electron chi connectivity index (χ0n) is 13.8. The summed E-state index contributed by atoms with van der Waals surface area (Å²) in [5.41, 5.74) is 2.29. The van der Waals surface area contributed by atoms with Crippen LogP contribution in [-0.4, -0.2) is 28.4 Å². The van der Waals surface area contributed by atoms with E-state index in [2.05, 4.69) is 0 Å². The van der Waals surface area contributed by atoms with Crippen molar-refractivity contribution in [3.8, 4) is 5.75 Å². The first-order chi connectivity index (χ1) is 11.3. The highest BCUT2D eigenvalue weighted by atomic mass is 16.5. The van der Waals surface area contributed by atoms with Gasteiger partial charge in [0.2, 0.25) is 0 Å². The van der Waals surface area contributed by atoms with Crippen LogP contribution in [0, 0.1) is 6.92 Å². The van der Waals surface area contributed by atoms with Gasteiger partial charge in [0.1, 0.15) is 11.9 Å². The van der Waals surface area contributed by atoms with Crippen molar-refractivity contribution in [1.82, 2.24) is 0 Å². The lowest BCUT2D eigenvalue weighted by atomic mass is 9.79. The molecule has 1 aliphatic carbocycles. The van der Waals surface area contributed by atoms with Crippen LogP contribution in [0.15, 0.2) is 30.3 Å². The van der Waals surface area contributed by atoms with Gasteiger partial charge in [0, 0.05) is 34.2 Å². The molecule has 0 aromatic heterocycles. The number of ketones is 2. The fraction of sp³-hybridized carbons (Fsp3) is 0.300. The first-order valence-corrected chi connectivity index (χ1v) is 8.03. The number of carbonyl (C=O) groups is 2. The molecule has 2 aromatic rings. The minimum absolute atomic E-state index is 0.127. The van der Waals surface area contributed by atoms with Crippen molar-refractivity contribution in [2.24, 2.45) is 0 Å². The van der Waals surface area contributed by atoms with E-state index in [9.17, 15) is 14.7 Å². The van der Waals surface area contributed by atoms with E-state index in [1.807, 2.05) is 6.92 Å². The summed E-state index contributed by atoms with van der Waals surface area (Å²) in [6.45, 7) is 5.24. The predicted octanol–water partition coefficient (Wildman–Crippen LogP) is 2.84. The van der Waals surface area contributed by atoms with Crippen molar-refractivity contribution in [2.75, 3.05) is 0 Å². The van der Waals surface area contributed by atoms with Gasteiger partial charge in [-0.3, -0.25) is 9.59 Å². The van der Waals surface area contributed by atoms with E-state index >= 15 is 0 Å². The van der Waals surface area contributed by atoms with Gasteiger partial charge in [-0.2, -0.15) is 0 Å². The normalized spacial score (nSPS) is 18.8. The molecule has 4 nitrogen and oxygen atoms in total. The fourth-order valence-electron chi connectivity index (χ4n) is 3.59. The Bertz CT molecular complexity index is 903. The summed E-state index contributed by atoms with van der Waals surface area (Å²) >= 11 is 0. The van der Waals surface area contributed by atoms with E-state index in [4.69, 9.17) is 4.74 Å². The number of hydrogen-bond acceptors (Lipinski definition) is 4. The van der Waals surface area contributed by atoms with Gasteiger partial charge in [-0.15, -0.1) is 0 Å². The minimum Gasteiger partial charge on any atom is -0.487 e. The molecular weight excluding hydrogens is 304 g/mol. The number of ether oxygens (including phenoxy) is 1. The second-order valence-corrected chi connectivity index (χ2v) is 7.09. The number of rotatable bonds is 1. The molecule has 1 N–H and O–H groups in total. The van der Waals surface area contributed by atoms with Gasteiger partial charge in [0.05, 0.1) is 5.60 Å². The summed E-state index contributed by atoms with van der Waals surface area (Å²) in [5, 5.41) is 10.3. The fourth-order valence-corrected chi connectivity index (χ4v) is 3.59. The number of carbonyl (C=O) groups excluding carboxylic acids is 2. The van der Waals surface area contributed by atoms with Crippen LogP contribution in [0.5, 0.6) is 5.75 Å². The molecule has 24 heavy (non-hydrogen) atoms. The highest BCUT2D eigenvalue weighted by Crippen LogP contribution is 2.42. The van der Waals surface area contributed by atoms with Crippen molar-refractivity contribution in [1.29, 1.82) is 0 Å². The van der Waals surface area contributed by atoms with Crippen molar-refractivity contribution in [3.05, 3.63) is 63.7 Å². The molecular formula is C20H18O4. The SMILES string of the molecule is Cc1cc2c(c3c1OC(C(C)(C)O)C3)C(=O)c1ccccc1C2=O. The Morgan fingerprint density at radius 1 is 1.08 bits per heavy atom. The molecule has 0 saturated heterocycles. The van der Waals surface area contributed by atoms with E-state index in [0.717, 1.165) is 11.1 Å². The second kappa shape index (κ2) is 4.77. The van der Waals surface area contributed by atoms with E-state index in [0.29, 0.717) is 34.4 Å². The Morgan fingerprint density at radius 3 is 2.33 bits per heavy atom. The highest BCUT2D eigenvalue weighted by Gasteiger charge is 2.41. The third kappa shape index (κ3) is 1.96. The maximum atomic E-state index is 13.0. The lowest BCUT2D eigenvalue weighted by Gasteiger charge is -2.24. The monoisotopic (exact) mass is 322 g/mol. The van der Waals surface area contributed by atoms with Crippen molar-refractivity contribution >= 4 is 11.6 Å². The molecule has 0 fully saturated rings. The lowest BCUT2D eigenvalue weighted by molar-refractivity contribution is -0.0231. The Labute approximate surface area is 140 Å². The van der Waals surface area contributed by atoms with E-state index in [-0.39, 0.29) is 11.6 Å². The molecule has 4 heteroatoms. The maximum Gasteiger partial charge on any atom is 0.194 e. The molecule has 0 bridgehead atoms. The lowest BCUT2D eigenvalue weighted by Crippen LogP contribution is -2.39. The van der Waals surface area contributed by atoms with Crippen LogP contribution < -0.4 is 4.74 Å². The maximum absolute atomic E-state index is 13.0. The topological polar surface area (TPSA) is 63.6 Å². The molecule has 0 saturated carbocycles. The first kappa shape index (κ1) is 15.1.